The van der Waals surface area contributed by atoms with Crippen molar-refractivity contribution in [1.29, 1.82) is 0 Å². The first-order valence-corrected chi connectivity index (χ1v) is 9.59. The zero-order valence-corrected chi connectivity index (χ0v) is 15.2. The van der Waals surface area contributed by atoms with Gasteiger partial charge in [-0.1, -0.05) is 19.9 Å². The molecule has 1 fully saturated rings. The summed E-state index contributed by atoms with van der Waals surface area (Å²) in [6.07, 6.45) is -5.83. The van der Waals surface area contributed by atoms with Crippen molar-refractivity contribution < 1.29 is 31.5 Å². The van der Waals surface area contributed by atoms with Gasteiger partial charge in [-0.2, -0.15) is 13.2 Å². The predicted molar refractivity (Wildman–Crippen MR) is 85.8 cm³/mol. The average molecular weight is 393 g/mol. The lowest BCUT2D eigenvalue weighted by Crippen LogP contribution is -2.50. The zero-order valence-electron chi connectivity index (χ0n) is 14.3. The first kappa shape index (κ1) is 20.5. The van der Waals surface area contributed by atoms with Crippen LogP contribution >= 0.6 is 0 Å². The average Bonchev–Trinajstić information content (AvgIpc) is 2.53. The van der Waals surface area contributed by atoms with Crippen molar-refractivity contribution >= 4 is 16.1 Å². The van der Waals surface area contributed by atoms with Crippen LogP contribution in [0.15, 0.2) is 23.1 Å². The highest BCUT2D eigenvalue weighted by atomic mass is 32.2. The number of sulfonamides is 1. The number of benzene rings is 1. The second-order valence-corrected chi connectivity index (χ2v) is 8.24. The Labute approximate surface area is 150 Å². The number of hydrogen-bond acceptors (Lipinski definition) is 4. The maximum atomic E-state index is 13.4. The Morgan fingerprint density at radius 1 is 1.27 bits per heavy atom. The number of nitrogens with one attached hydrogen (secondary N) is 1. The van der Waals surface area contributed by atoms with E-state index in [0.717, 1.165) is 17.0 Å². The monoisotopic (exact) mass is 393 g/mol. The maximum Gasteiger partial charge on any atom is 0.417 e. The lowest BCUT2D eigenvalue weighted by molar-refractivity contribution is -0.266. The Hall–Kier alpha value is -1.81. The van der Waals surface area contributed by atoms with Crippen molar-refractivity contribution in [3.8, 4) is 0 Å². The highest BCUT2D eigenvalue weighted by Crippen LogP contribution is 2.36. The van der Waals surface area contributed by atoms with Gasteiger partial charge in [0.2, 0.25) is 10.0 Å². The fourth-order valence-corrected chi connectivity index (χ4v) is 4.34. The van der Waals surface area contributed by atoms with Crippen LogP contribution in [-0.4, -0.2) is 38.5 Å². The van der Waals surface area contributed by atoms with Crippen LogP contribution in [0.4, 0.5) is 18.0 Å². The van der Waals surface area contributed by atoms with Gasteiger partial charge >= 0.3 is 6.18 Å². The largest absolute Gasteiger partial charge is 0.530 e. The smallest absolute Gasteiger partial charge is 0.417 e. The number of likely N-dealkylation sites (tertiary alicyclic amines) is 1. The van der Waals surface area contributed by atoms with Gasteiger partial charge < -0.3 is 14.8 Å². The maximum absolute atomic E-state index is 13.4. The van der Waals surface area contributed by atoms with E-state index in [0.29, 0.717) is 5.56 Å². The summed E-state index contributed by atoms with van der Waals surface area (Å²) < 4.78 is 67.4. The number of rotatable bonds is 4. The summed E-state index contributed by atoms with van der Waals surface area (Å²) in [5.74, 6) is -0.185. The molecule has 0 bridgehead atoms. The highest BCUT2D eigenvalue weighted by Gasteiger charge is 2.38. The van der Waals surface area contributed by atoms with Crippen LogP contribution in [0.5, 0.6) is 0 Å². The van der Waals surface area contributed by atoms with E-state index in [4.69, 9.17) is 0 Å². The SMILES string of the molecule is CC(C)c1ccc(S(=O)(=O)NC2CCN(C(=O)[O-])CC2)c(C(F)(F)F)c1. The first-order chi connectivity index (χ1) is 11.9. The molecule has 0 aromatic heterocycles. The predicted octanol–water partition coefficient (Wildman–Crippen LogP) is 1.91. The van der Waals surface area contributed by atoms with E-state index in [1.165, 1.54) is 6.07 Å². The second kappa shape index (κ2) is 7.43. The molecule has 1 N–H and O–H groups in total. The topological polar surface area (TPSA) is 89.5 Å². The molecule has 0 saturated carbocycles. The van der Waals surface area contributed by atoms with Crippen molar-refractivity contribution in [3.05, 3.63) is 29.3 Å². The van der Waals surface area contributed by atoms with Crippen molar-refractivity contribution in [2.45, 2.75) is 49.7 Å². The first-order valence-electron chi connectivity index (χ1n) is 8.11. The van der Waals surface area contributed by atoms with Crippen molar-refractivity contribution in [2.24, 2.45) is 0 Å². The van der Waals surface area contributed by atoms with E-state index >= 15 is 0 Å². The fourth-order valence-electron chi connectivity index (χ4n) is 2.83. The minimum absolute atomic E-state index is 0.0634. The number of alkyl halides is 3. The van der Waals surface area contributed by atoms with E-state index < -0.39 is 38.8 Å². The van der Waals surface area contributed by atoms with Gasteiger partial charge in [-0.05, 0) is 36.5 Å². The molecule has 1 amide bonds. The molecule has 0 atom stereocenters. The standard InChI is InChI=1S/C16H21F3N2O4S/c1-10(2)11-3-4-14(13(9-11)16(17,18)19)26(24,25)20-12-5-7-21(8-6-12)15(22)23/h3-4,9-10,12,20H,5-8H2,1-2H3,(H,22,23)/p-1. The normalized spacial score (nSPS) is 16.9. The number of amides is 1. The summed E-state index contributed by atoms with van der Waals surface area (Å²) in [7, 11) is -4.41. The molecule has 26 heavy (non-hydrogen) atoms. The van der Waals surface area contributed by atoms with E-state index in [1.54, 1.807) is 13.8 Å². The number of halogens is 3. The number of nitrogens with zero attached hydrogens (tertiary/aromatic N) is 1. The van der Waals surface area contributed by atoms with Gasteiger partial charge in [0, 0.05) is 19.1 Å². The van der Waals surface area contributed by atoms with Gasteiger partial charge in [0.05, 0.1) is 10.5 Å². The minimum atomic E-state index is -4.81. The van der Waals surface area contributed by atoms with E-state index in [9.17, 15) is 31.5 Å². The van der Waals surface area contributed by atoms with E-state index in [2.05, 4.69) is 4.72 Å². The Morgan fingerprint density at radius 2 is 1.85 bits per heavy atom. The molecular weight excluding hydrogens is 373 g/mol. The summed E-state index contributed by atoms with van der Waals surface area (Å²) in [5, 5.41) is 10.8. The summed E-state index contributed by atoms with van der Waals surface area (Å²) in [6.45, 7) is 3.56. The van der Waals surface area contributed by atoms with Crippen LogP contribution in [0.3, 0.4) is 0 Å². The molecule has 0 spiro atoms. The quantitative estimate of drug-likeness (QED) is 0.846. The van der Waals surface area contributed by atoms with E-state index in [-0.39, 0.29) is 31.8 Å². The fraction of sp³-hybridized carbons (Fsp3) is 0.562. The van der Waals surface area contributed by atoms with E-state index in [1.807, 2.05) is 0 Å². The van der Waals surface area contributed by atoms with Crippen LogP contribution in [0.2, 0.25) is 0 Å². The Morgan fingerprint density at radius 3 is 2.31 bits per heavy atom. The summed E-state index contributed by atoms with van der Waals surface area (Å²) in [5.41, 5.74) is -0.818. The molecule has 0 aliphatic carbocycles. The molecular formula is C16H20F3N2O4S-. The molecule has 10 heteroatoms. The molecule has 1 aliphatic heterocycles. The number of carbonyl (C=O) groups is 1. The third-order valence-corrected chi connectivity index (χ3v) is 5.92. The molecule has 0 radical (unpaired) electrons. The van der Waals surface area contributed by atoms with Gasteiger partial charge in [0.25, 0.3) is 0 Å². The van der Waals surface area contributed by atoms with Crippen molar-refractivity contribution in [1.82, 2.24) is 9.62 Å². The van der Waals surface area contributed by atoms with Gasteiger partial charge in [-0.25, -0.2) is 13.1 Å². The highest BCUT2D eigenvalue weighted by molar-refractivity contribution is 7.89. The van der Waals surface area contributed by atoms with Crippen molar-refractivity contribution in [2.75, 3.05) is 13.1 Å². The number of piperidine rings is 1. The molecule has 1 aromatic carbocycles. The molecule has 6 nitrogen and oxygen atoms in total. The number of carbonyl (C=O) groups excluding carboxylic acids is 1. The van der Waals surface area contributed by atoms with Crippen LogP contribution in [0.25, 0.3) is 0 Å². The van der Waals surface area contributed by atoms with Crippen LogP contribution < -0.4 is 9.83 Å². The molecule has 1 saturated heterocycles. The summed E-state index contributed by atoms with van der Waals surface area (Å²) in [6, 6.07) is 2.56. The minimum Gasteiger partial charge on any atom is -0.530 e. The zero-order chi connectivity index (χ0) is 19.7. The summed E-state index contributed by atoms with van der Waals surface area (Å²) in [4.78, 5) is 11.0. The molecule has 1 aliphatic rings. The second-order valence-electron chi connectivity index (χ2n) is 6.56. The lowest BCUT2D eigenvalue weighted by atomic mass is 10.0. The molecule has 1 heterocycles. The molecule has 1 aromatic rings. The third-order valence-electron chi connectivity index (χ3n) is 4.34. The number of hydrogen-bond donors (Lipinski definition) is 1. The van der Waals surface area contributed by atoms with Gasteiger partial charge in [-0.3, -0.25) is 0 Å². The molecule has 2 rings (SSSR count). The summed E-state index contributed by atoms with van der Waals surface area (Å²) >= 11 is 0. The van der Waals surface area contributed by atoms with Gasteiger partial charge in [-0.15, -0.1) is 0 Å². The molecule has 0 unspecified atom stereocenters. The van der Waals surface area contributed by atoms with Crippen molar-refractivity contribution in [3.63, 3.8) is 0 Å². The molecule has 146 valence electrons. The third kappa shape index (κ3) is 4.67. The van der Waals surface area contributed by atoms with Crippen LogP contribution in [0, 0.1) is 0 Å². The Bertz CT molecular complexity index is 770. The van der Waals surface area contributed by atoms with Gasteiger partial charge in [0.1, 0.15) is 6.09 Å². The van der Waals surface area contributed by atoms with Crippen LogP contribution in [0.1, 0.15) is 43.7 Å². The van der Waals surface area contributed by atoms with Crippen LogP contribution in [-0.2, 0) is 16.2 Å². The Balaban J connectivity index is 2.27. The lowest BCUT2D eigenvalue weighted by Gasteiger charge is -2.33. The number of carboxylic acid groups (broad SMARTS) is 1. The Kier molecular flexibility index (Phi) is 5.86. The van der Waals surface area contributed by atoms with Gasteiger partial charge in [0.15, 0.2) is 0 Å².